The second kappa shape index (κ2) is 6.32. The highest BCUT2D eigenvalue weighted by Gasteiger charge is 2.37. The van der Waals surface area contributed by atoms with Gasteiger partial charge in [0.05, 0.1) is 5.56 Å². The summed E-state index contributed by atoms with van der Waals surface area (Å²) in [4.78, 5) is 49.7. The van der Waals surface area contributed by atoms with Gasteiger partial charge in [0.15, 0.2) is 17.5 Å². The van der Waals surface area contributed by atoms with Crippen LogP contribution >= 0.6 is 0 Å². The summed E-state index contributed by atoms with van der Waals surface area (Å²) >= 11 is 0. The first-order chi connectivity index (χ1) is 11.9. The zero-order valence-electron chi connectivity index (χ0n) is 13.7. The lowest BCUT2D eigenvalue weighted by molar-refractivity contribution is -0.142. The molecule has 0 fully saturated rings. The van der Waals surface area contributed by atoms with Crippen molar-refractivity contribution >= 4 is 34.5 Å². The lowest BCUT2D eigenvalue weighted by atomic mass is 9.92. The number of fused-ring (bicyclic) bond motifs is 1. The fourth-order valence-corrected chi connectivity index (χ4v) is 2.60. The van der Waals surface area contributed by atoms with Crippen LogP contribution in [-0.2, 0) is 14.4 Å². The Labute approximate surface area is 143 Å². The fraction of sp³-hybridized carbons (Fsp3) is 0.158. The molecule has 1 atom stereocenters. The molecule has 126 valence electrons. The molecule has 0 bridgehead atoms. The minimum absolute atomic E-state index is 0.169. The van der Waals surface area contributed by atoms with E-state index in [9.17, 15) is 19.2 Å². The zero-order valence-corrected chi connectivity index (χ0v) is 13.7. The molecule has 1 amide bonds. The molecular weight excluding hydrogens is 322 g/mol. The summed E-state index contributed by atoms with van der Waals surface area (Å²) in [6, 6.07) is 8.57. The molecule has 0 radical (unpaired) electrons. The highest BCUT2D eigenvalue weighted by molar-refractivity contribution is 6.26. The summed E-state index contributed by atoms with van der Waals surface area (Å²) in [5, 5.41) is 0.706. The number of carbonyl (C=O) groups excluding carboxylic acids is 3. The van der Waals surface area contributed by atoms with Gasteiger partial charge in [-0.15, -0.1) is 0 Å². The van der Waals surface area contributed by atoms with E-state index in [4.69, 9.17) is 4.42 Å². The van der Waals surface area contributed by atoms with E-state index in [1.54, 1.807) is 37.3 Å². The fourth-order valence-electron chi connectivity index (χ4n) is 2.60. The third-order valence-corrected chi connectivity index (χ3v) is 4.12. The number of hydrogen-bond acceptors (Lipinski definition) is 5. The smallest absolute Gasteiger partial charge is 0.343 e. The van der Waals surface area contributed by atoms with Gasteiger partial charge in [0.2, 0.25) is 5.91 Å². The average Bonchev–Trinajstić information content (AvgIpc) is 2.58. The van der Waals surface area contributed by atoms with E-state index < -0.39 is 29.0 Å². The Morgan fingerprint density at radius 1 is 1.20 bits per heavy atom. The van der Waals surface area contributed by atoms with E-state index in [0.29, 0.717) is 16.7 Å². The van der Waals surface area contributed by atoms with Crippen LogP contribution in [0.5, 0.6) is 0 Å². The molecule has 2 heterocycles. The lowest BCUT2D eigenvalue weighted by Crippen LogP contribution is -2.43. The Kier molecular flexibility index (Phi) is 4.19. The summed E-state index contributed by atoms with van der Waals surface area (Å²) < 4.78 is 5.17. The monoisotopic (exact) mass is 337 g/mol. The van der Waals surface area contributed by atoms with Crippen LogP contribution in [0.25, 0.3) is 17.0 Å². The molecule has 6 heteroatoms. The van der Waals surface area contributed by atoms with Gasteiger partial charge < -0.3 is 9.32 Å². The van der Waals surface area contributed by atoms with Crippen molar-refractivity contribution in [3.63, 3.8) is 0 Å². The van der Waals surface area contributed by atoms with Crippen molar-refractivity contribution in [2.24, 2.45) is 5.92 Å². The molecule has 0 aliphatic carbocycles. The number of rotatable bonds is 3. The van der Waals surface area contributed by atoms with Crippen molar-refractivity contribution in [1.82, 2.24) is 4.90 Å². The maximum Gasteiger partial charge on any atom is 0.343 e. The quantitative estimate of drug-likeness (QED) is 0.485. The minimum atomic E-state index is -1.41. The average molecular weight is 337 g/mol. The molecule has 1 aliphatic rings. The van der Waals surface area contributed by atoms with Gasteiger partial charge in [-0.05, 0) is 31.2 Å². The second-order valence-electron chi connectivity index (χ2n) is 5.78. The number of amides is 1. The molecule has 0 N–H and O–H groups in total. The first-order valence-corrected chi connectivity index (χ1v) is 7.63. The van der Waals surface area contributed by atoms with Crippen LogP contribution in [0.15, 0.2) is 57.4 Å². The van der Waals surface area contributed by atoms with E-state index in [-0.39, 0.29) is 5.56 Å². The summed E-state index contributed by atoms with van der Waals surface area (Å²) in [5.74, 6) is -3.21. The maximum atomic E-state index is 12.3. The highest BCUT2D eigenvalue weighted by Crippen LogP contribution is 2.19. The SMILES string of the molecule is CC1=CC(=O)C(C(=O)/C=C/c2cc3ccccc3oc2=O)C(=O)N1C. The summed E-state index contributed by atoms with van der Waals surface area (Å²) in [7, 11) is 1.50. The summed E-state index contributed by atoms with van der Waals surface area (Å²) in [6.07, 6.45) is 3.61. The van der Waals surface area contributed by atoms with Gasteiger partial charge in [-0.2, -0.15) is 0 Å². The van der Waals surface area contributed by atoms with E-state index in [2.05, 4.69) is 0 Å². The summed E-state index contributed by atoms with van der Waals surface area (Å²) in [6.45, 7) is 1.62. The summed E-state index contributed by atoms with van der Waals surface area (Å²) in [5.41, 5.74) is 0.494. The van der Waals surface area contributed by atoms with Gasteiger partial charge >= 0.3 is 5.63 Å². The normalized spacial score (nSPS) is 18.1. The Morgan fingerprint density at radius 2 is 1.92 bits per heavy atom. The van der Waals surface area contributed by atoms with Gasteiger partial charge in [-0.25, -0.2) is 4.79 Å². The van der Waals surface area contributed by atoms with E-state index in [0.717, 1.165) is 6.08 Å². The lowest BCUT2D eigenvalue weighted by Gasteiger charge is -2.25. The molecule has 0 saturated carbocycles. The predicted molar refractivity (Wildman–Crippen MR) is 91.5 cm³/mol. The number of nitrogens with zero attached hydrogens (tertiary/aromatic N) is 1. The van der Waals surface area contributed by atoms with Crippen molar-refractivity contribution in [3.05, 3.63) is 64.2 Å². The second-order valence-corrected chi connectivity index (χ2v) is 5.78. The van der Waals surface area contributed by atoms with Crippen LogP contribution in [0.1, 0.15) is 12.5 Å². The first-order valence-electron chi connectivity index (χ1n) is 7.63. The van der Waals surface area contributed by atoms with Crippen molar-refractivity contribution < 1.29 is 18.8 Å². The molecule has 2 aromatic rings. The molecule has 1 aromatic carbocycles. The molecule has 0 spiro atoms. The standard InChI is InChI=1S/C19H15NO5/c1-11-9-15(22)17(18(23)20(11)2)14(21)8-7-13-10-12-5-3-4-6-16(12)25-19(13)24/h3-10,17H,1-2H3/b8-7+. The molecule has 1 aromatic heterocycles. The maximum absolute atomic E-state index is 12.3. The third kappa shape index (κ3) is 3.06. The number of carbonyl (C=O) groups is 3. The predicted octanol–water partition coefficient (Wildman–Crippen LogP) is 1.94. The first kappa shape index (κ1) is 16.6. The largest absolute Gasteiger partial charge is 0.422 e. The molecule has 3 rings (SSSR count). The third-order valence-electron chi connectivity index (χ3n) is 4.12. The van der Waals surface area contributed by atoms with Gasteiger partial charge in [0.25, 0.3) is 0 Å². The molecule has 0 saturated heterocycles. The van der Waals surface area contributed by atoms with Crippen molar-refractivity contribution in [2.45, 2.75) is 6.92 Å². The Morgan fingerprint density at radius 3 is 2.68 bits per heavy atom. The highest BCUT2D eigenvalue weighted by atomic mass is 16.4. The van der Waals surface area contributed by atoms with Crippen molar-refractivity contribution in [2.75, 3.05) is 7.05 Å². The van der Waals surface area contributed by atoms with Gasteiger partial charge in [0.1, 0.15) is 5.58 Å². The van der Waals surface area contributed by atoms with Crippen LogP contribution in [-0.4, -0.2) is 29.4 Å². The number of ketones is 2. The van der Waals surface area contributed by atoms with Gasteiger partial charge in [-0.3, -0.25) is 14.4 Å². The van der Waals surface area contributed by atoms with Crippen LogP contribution in [0.4, 0.5) is 0 Å². The van der Waals surface area contributed by atoms with Crippen molar-refractivity contribution in [3.8, 4) is 0 Å². The van der Waals surface area contributed by atoms with Crippen LogP contribution < -0.4 is 5.63 Å². The number of hydrogen-bond donors (Lipinski definition) is 0. The van der Waals surface area contributed by atoms with E-state index in [1.165, 1.54) is 24.1 Å². The van der Waals surface area contributed by atoms with Crippen molar-refractivity contribution in [1.29, 1.82) is 0 Å². The molecule has 1 aliphatic heterocycles. The van der Waals surface area contributed by atoms with Crippen LogP contribution in [0, 0.1) is 5.92 Å². The van der Waals surface area contributed by atoms with Gasteiger partial charge in [0, 0.05) is 24.2 Å². The van der Waals surface area contributed by atoms with Crippen LogP contribution in [0.2, 0.25) is 0 Å². The number of para-hydroxylation sites is 1. The molecule has 1 unspecified atom stereocenters. The zero-order chi connectivity index (χ0) is 18.1. The van der Waals surface area contributed by atoms with Gasteiger partial charge in [-0.1, -0.05) is 18.2 Å². The minimum Gasteiger partial charge on any atom is -0.422 e. The Hall–Kier alpha value is -3.28. The Bertz CT molecular complexity index is 1010. The Balaban J connectivity index is 1.91. The van der Waals surface area contributed by atoms with E-state index >= 15 is 0 Å². The topological polar surface area (TPSA) is 84.7 Å². The number of allylic oxidation sites excluding steroid dienone is 3. The van der Waals surface area contributed by atoms with Crippen LogP contribution in [0.3, 0.4) is 0 Å². The molecule has 6 nitrogen and oxygen atoms in total. The number of benzene rings is 1. The van der Waals surface area contributed by atoms with E-state index in [1.807, 2.05) is 0 Å². The molecule has 25 heavy (non-hydrogen) atoms. The molecular formula is C19H15NO5.